The molecule has 2 aliphatic heterocycles. The van der Waals surface area contributed by atoms with Crippen LogP contribution in [-0.2, 0) is 4.74 Å². The van der Waals surface area contributed by atoms with E-state index in [2.05, 4.69) is 31.8 Å². The predicted octanol–water partition coefficient (Wildman–Crippen LogP) is -1.81. The molecule has 0 bridgehead atoms. The maximum Gasteiger partial charge on any atom is 0.167 e. The van der Waals surface area contributed by atoms with E-state index in [1.54, 1.807) is 4.57 Å². The minimum atomic E-state index is -1.17. The molecular weight excluding hydrogens is 328 g/mol. The van der Waals surface area contributed by atoms with Crippen LogP contribution in [-0.4, -0.2) is 97.9 Å². The van der Waals surface area contributed by atoms with E-state index in [0.717, 1.165) is 32.0 Å². The van der Waals surface area contributed by atoms with Crippen molar-refractivity contribution in [2.24, 2.45) is 0 Å². The molecule has 0 saturated carbocycles. The number of fused-ring (bicyclic) bond motifs is 1. The first-order valence-electron chi connectivity index (χ1n) is 8.33. The number of rotatable bonds is 3. The van der Waals surface area contributed by atoms with Gasteiger partial charge < -0.3 is 29.9 Å². The number of ether oxygens (including phenoxy) is 1. The SMILES string of the molecule is CN1CCN(c2ncnc3c2ncn3C2OC(CO)C(O)C2O)CC1. The summed E-state index contributed by atoms with van der Waals surface area (Å²) in [4.78, 5) is 17.5. The summed E-state index contributed by atoms with van der Waals surface area (Å²) in [5.41, 5.74) is 1.16. The molecule has 2 aliphatic rings. The lowest BCUT2D eigenvalue weighted by molar-refractivity contribution is -0.0511. The summed E-state index contributed by atoms with van der Waals surface area (Å²) < 4.78 is 7.16. The minimum absolute atomic E-state index is 0.372. The van der Waals surface area contributed by atoms with Crippen LogP contribution in [0.4, 0.5) is 5.82 Å². The highest BCUT2D eigenvalue weighted by Gasteiger charge is 2.44. The number of aliphatic hydroxyl groups excluding tert-OH is 3. The Morgan fingerprint density at radius 3 is 2.56 bits per heavy atom. The van der Waals surface area contributed by atoms with Gasteiger partial charge in [0.15, 0.2) is 23.2 Å². The molecule has 4 rings (SSSR count). The van der Waals surface area contributed by atoms with E-state index in [0.29, 0.717) is 11.2 Å². The van der Waals surface area contributed by atoms with Crippen LogP contribution in [0.5, 0.6) is 0 Å². The van der Waals surface area contributed by atoms with Gasteiger partial charge in [0, 0.05) is 26.2 Å². The second-order valence-electron chi connectivity index (χ2n) is 6.54. The molecule has 4 atom stereocenters. The van der Waals surface area contributed by atoms with Gasteiger partial charge in [0.05, 0.1) is 12.9 Å². The number of aromatic nitrogens is 4. The van der Waals surface area contributed by atoms with Crippen molar-refractivity contribution in [1.29, 1.82) is 0 Å². The highest BCUT2D eigenvalue weighted by atomic mass is 16.6. The minimum Gasteiger partial charge on any atom is -0.394 e. The van der Waals surface area contributed by atoms with E-state index in [1.807, 2.05) is 0 Å². The highest BCUT2D eigenvalue weighted by Crippen LogP contribution is 2.32. The lowest BCUT2D eigenvalue weighted by Crippen LogP contribution is -2.44. The molecule has 4 unspecified atom stereocenters. The van der Waals surface area contributed by atoms with E-state index in [1.165, 1.54) is 12.7 Å². The average Bonchev–Trinajstić information content (AvgIpc) is 3.17. The Hall–Kier alpha value is -1.85. The summed E-state index contributed by atoms with van der Waals surface area (Å²) in [6.45, 7) is 3.22. The van der Waals surface area contributed by atoms with E-state index >= 15 is 0 Å². The van der Waals surface area contributed by atoms with Gasteiger partial charge in [0.2, 0.25) is 0 Å². The number of aliphatic hydroxyl groups is 3. The Labute approximate surface area is 144 Å². The Bertz CT molecular complexity index is 747. The van der Waals surface area contributed by atoms with Crippen molar-refractivity contribution in [3.05, 3.63) is 12.7 Å². The maximum atomic E-state index is 10.2. The van der Waals surface area contributed by atoms with Gasteiger partial charge in [-0.15, -0.1) is 0 Å². The Kier molecular flexibility index (Phi) is 4.29. The number of nitrogens with zero attached hydrogens (tertiary/aromatic N) is 6. The van der Waals surface area contributed by atoms with Gasteiger partial charge in [-0.3, -0.25) is 4.57 Å². The molecule has 0 amide bonds. The van der Waals surface area contributed by atoms with Gasteiger partial charge in [0.25, 0.3) is 0 Å². The van der Waals surface area contributed by atoms with Gasteiger partial charge in [-0.25, -0.2) is 15.0 Å². The predicted molar refractivity (Wildman–Crippen MR) is 88.0 cm³/mol. The van der Waals surface area contributed by atoms with Crippen molar-refractivity contribution < 1.29 is 20.1 Å². The molecule has 0 radical (unpaired) electrons. The van der Waals surface area contributed by atoms with Crippen LogP contribution < -0.4 is 4.90 Å². The van der Waals surface area contributed by atoms with E-state index in [4.69, 9.17) is 4.74 Å². The van der Waals surface area contributed by atoms with Gasteiger partial charge in [-0.05, 0) is 7.05 Å². The zero-order chi connectivity index (χ0) is 17.6. The number of likely N-dealkylation sites (N-methyl/N-ethyl adjacent to an activating group) is 1. The van der Waals surface area contributed by atoms with Crippen molar-refractivity contribution >= 4 is 17.0 Å². The maximum absolute atomic E-state index is 10.2. The molecule has 2 aromatic rings. The van der Waals surface area contributed by atoms with Crippen molar-refractivity contribution in [3.8, 4) is 0 Å². The van der Waals surface area contributed by atoms with Crippen LogP contribution in [0.15, 0.2) is 12.7 Å². The number of imidazole rings is 1. The zero-order valence-corrected chi connectivity index (χ0v) is 13.9. The summed E-state index contributed by atoms with van der Waals surface area (Å²) >= 11 is 0. The fraction of sp³-hybridized carbons (Fsp3) is 0.667. The molecule has 10 heteroatoms. The molecule has 2 fully saturated rings. The largest absolute Gasteiger partial charge is 0.394 e. The van der Waals surface area contributed by atoms with Crippen molar-refractivity contribution in [3.63, 3.8) is 0 Å². The summed E-state index contributed by atoms with van der Waals surface area (Å²) in [6, 6.07) is 0. The van der Waals surface area contributed by atoms with Crippen LogP contribution in [0.1, 0.15) is 6.23 Å². The highest BCUT2D eigenvalue weighted by molar-refractivity contribution is 5.83. The lowest BCUT2D eigenvalue weighted by atomic mass is 10.1. The summed E-state index contributed by atoms with van der Waals surface area (Å²) in [6.07, 6.45) is -1.03. The van der Waals surface area contributed by atoms with E-state index in [9.17, 15) is 15.3 Å². The van der Waals surface area contributed by atoms with Crippen molar-refractivity contribution in [2.45, 2.75) is 24.5 Å². The number of hydrogen-bond donors (Lipinski definition) is 3. The normalized spacial score (nSPS) is 31.1. The first kappa shape index (κ1) is 16.6. The molecule has 2 saturated heterocycles. The van der Waals surface area contributed by atoms with Crippen LogP contribution >= 0.6 is 0 Å². The molecule has 0 aromatic carbocycles. The third-order valence-corrected chi connectivity index (χ3v) is 4.93. The van der Waals surface area contributed by atoms with Crippen LogP contribution in [0.2, 0.25) is 0 Å². The van der Waals surface area contributed by atoms with Gasteiger partial charge in [0.1, 0.15) is 24.6 Å². The molecule has 136 valence electrons. The number of piperazine rings is 1. The zero-order valence-electron chi connectivity index (χ0n) is 13.9. The number of anilines is 1. The van der Waals surface area contributed by atoms with Gasteiger partial charge in [-0.1, -0.05) is 0 Å². The summed E-state index contributed by atoms with van der Waals surface area (Å²) in [5.74, 6) is 0.753. The molecule has 2 aromatic heterocycles. The quantitative estimate of drug-likeness (QED) is 0.588. The van der Waals surface area contributed by atoms with Crippen molar-refractivity contribution in [2.75, 3.05) is 44.7 Å². The Balaban J connectivity index is 1.68. The molecule has 0 spiro atoms. The third-order valence-electron chi connectivity index (χ3n) is 4.93. The summed E-state index contributed by atoms with van der Waals surface area (Å²) in [5, 5.41) is 29.5. The molecule has 4 heterocycles. The van der Waals surface area contributed by atoms with Crippen molar-refractivity contribution in [1.82, 2.24) is 24.4 Å². The van der Waals surface area contributed by atoms with Gasteiger partial charge >= 0.3 is 0 Å². The van der Waals surface area contributed by atoms with E-state index < -0.39 is 24.5 Å². The molecule has 25 heavy (non-hydrogen) atoms. The Morgan fingerprint density at radius 1 is 1.12 bits per heavy atom. The first-order valence-corrected chi connectivity index (χ1v) is 8.33. The van der Waals surface area contributed by atoms with Crippen LogP contribution in [0, 0.1) is 0 Å². The topological polar surface area (TPSA) is 120 Å². The Morgan fingerprint density at radius 2 is 1.88 bits per heavy atom. The van der Waals surface area contributed by atoms with Crippen LogP contribution in [0.3, 0.4) is 0 Å². The summed E-state index contributed by atoms with van der Waals surface area (Å²) in [7, 11) is 2.09. The molecular formula is C15H22N6O4. The molecule has 0 aliphatic carbocycles. The fourth-order valence-corrected chi connectivity index (χ4v) is 3.39. The smallest absolute Gasteiger partial charge is 0.167 e. The number of hydrogen-bond acceptors (Lipinski definition) is 9. The molecule has 10 nitrogen and oxygen atoms in total. The monoisotopic (exact) mass is 350 g/mol. The second kappa shape index (κ2) is 6.46. The first-order chi connectivity index (χ1) is 12.1. The fourth-order valence-electron chi connectivity index (χ4n) is 3.39. The van der Waals surface area contributed by atoms with Gasteiger partial charge in [-0.2, -0.15) is 0 Å². The second-order valence-corrected chi connectivity index (χ2v) is 6.54. The lowest BCUT2D eigenvalue weighted by Gasteiger charge is -2.33. The molecule has 3 N–H and O–H groups in total. The average molecular weight is 350 g/mol. The van der Waals surface area contributed by atoms with Crippen LogP contribution in [0.25, 0.3) is 11.2 Å². The standard InChI is InChI=1S/C15H22N6O4/c1-19-2-4-20(5-3-19)13-10-14(17-7-16-13)21(8-18-10)15-12(24)11(23)9(6-22)25-15/h7-9,11-12,15,22-24H,2-6H2,1H3. The van der Waals surface area contributed by atoms with E-state index in [-0.39, 0.29) is 6.61 Å². The third kappa shape index (κ3) is 2.75.